The highest BCUT2D eigenvalue weighted by Crippen LogP contribution is 2.69. The second-order valence-corrected chi connectivity index (χ2v) is 10.8. The molecule has 12 heavy (non-hydrogen) atoms. The molecule has 0 amide bonds. The molecule has 0 spiro atoms. The van der Waals surface area contributed by atoms with Gasteiger partial charge in [0.15, 0.2) is 0 Å². The first-order valence-electron chi connectivity index (χ1n) is 3.62. The van der Waals surface area contributed by atoms with Crippen molar-refractivity contribution in [3.05, 3.63) is 0 Å². The molecule has 0 radical (unpaired) electrons. The molecule has 0 bridgehead atoms. The smallest absolute Gasteiger partial charge is 0.313 e. The number of hydrogen-bond donors (Lipinski definition) is 0. The molecular weight excluding hydrogens is 231 g/mol. The molecule has 74 valence electrons. The molecule has 0 aromatic heterocycles. The van der Waals surface area contributed by atoms with Gasteiger partial charge in [-0.1, -0.05) is 18.3 Å². The SMILES string of the molecule is CCCSP(=O)(OC)SCSC. The zero-order valence-electron chi connectivity index (χ0n) is 7.61. The van der Waals surface area contributed by atoms with Gasteiger partial charge in [-0.15, -0.1) is 0 Å². The van der Waals surface area contributed by atoms with Gasteiger partial charge in [0.1, 0.15) is 0 Å². The minimum absolute atomic E-state index is 0.835. The fourth-order valence-electron chi connectivity index (χ4n) is 0.463. The quantitative estimate of drug-likeness (QED) is 0.501. The Morgan fingerprint density at radius 2 is 2.08 bits per heavy atom. The molecule has 0 aliphatic carbocycles. The highest BCUT2D eigenvalue weighted by Gasteiger charge is 2.21. The molecule has 0 N–H and O–H groups in total. The van der Waals surface area contributed by atoms with Gasteiger partial charge >= 0.3 is 5.77 Å². The van der Waals surface area contributed by atoms with E-state index in [1.165, 1.54) is 29.9 Å². The summed E-state index contributed by atoms with van der Waals surface area (Å²) in [4.78, 5) is 0. The Balaban J connectivity index is 3.79. The second kappa shape index (κ2) is 7.63. The summed E-state index contributed by atoms with van der Waals surface area (Å²) < 4.78 is 16.8. The molecule has 0 aliphatic heterocycles. The fraction of sp³-hybridized carbons (Fsp3) is 1.00. The minimum Gasteiger partial charge on any atom is -0.317 e. The Labute approximate surface area is 86.9 Å². The van der Waals surface area contributed by atoms with E-state index in [2.05, 4.69) is 6.92 Å². The lowest BCUT2D eigenvalue weighted by atomic mass is 10.6. The van der Waals surface area contributed by atoms with Crippen LogP contribution in [0.4, 0.5) is 0 Å². The summed E-state index contributed by atoms with van der Waals surface area (Å²) >= 11 is 4.54. The zero-order chi connectivity index (χ0) is 9.45. The van der Waals surface area contributed by atoms with Crippen LogP contribution in [0.15, 0.2) is 0 Å². The Morgan fingerprint density at radius 1 is 1.42 bits per heavy atom. The third kappa shape index (κ3) is 5.81. The molecule has 1 atom stereocenters. The van der Waals surface area contributed by atoms with Gasteiger partial charge in [0.2, 0.25) is 0 Å². The highest BCUT2D eigenvalue weighted by atomic mass is 33.1. The Bertz CT molecular complexity index is 142. The van der Waals surface area contributed by atoms with Crippen LogP contribution in [-0.2, 0) is 9.09 Å². The lowest BCUT2D eigenvalue weighted by Gasteiger charge is -2.12. The molecular formula is C6H15O2PS3. The Hall–Kier alpha value is 1.24. The maximum absolute atomic E-state index is 11.8. The van der Waals surface area contributed by atoms with E-state index in [-0.39, 0.29) is 0 Å². The second-order valence-electron chi connectivity index (χ2n) is 2.00. The number of hydrogen-bond acceptors (Lipinski definition) is 5. The van der Waals surface area contributed by atoms with Gasteiger partial charge in [-0.05, 0) is 24.1 Å². The molecule has 0 saturated carbocycles. The van der Waals surface area contributed by atoms with E-state index in [1.54, 1.807) is 11.8 Å². The number of rotatable bonds is 7. The summed E-state index contributed by atoms with van der Waals surface area (Å²) in [5, 5.41) is 0.835. The van der Waals surface area contributed by atoms with Crippen LogP contribution in [0.2, 0.25) is 0 Å². The maximum Gasteiger partial charge on any atom is 0.313 e. The topological polar surface area (TPSA) is 26.3 Å². The minimum atomic E-state index is -2.42. The summed E-state index contributed by atoms with van der Waals surface area (Å²) in [6.07, 6.45) is 3.04. The molecule has 0 rings (SSSR count). The van der Waals surface area contributed by atoms with Crippen molar-refractivity contribution in [2.45, 2.75) is 13.3 Å². The van der Waals surface area contributed by atoms with Crippen LogP contribution in [0.5, 0.6) is 0 Å². The predicted octanol–water partition coefficient (Wildman–Crippen LogP) is 3.94. The monoisotopic (exact) mass is 246 g/mol. The first-order chi connectivity index (χ1) is 5.68. The van der Waals surface area contributed by atoms with Crippen LogP contribution in [0.25, 0.3) is 0 Å². The zero-order valence-corrected chi connectivity index (χ0v) is 11.0. The van der Waals surface area contributed by atoms with Gasteiger partial charge in [-0.3, -0.25) is 4.57 Å². The van der Waals surface area contributed by atoms with Gasteiger partial charge < -0.3 is 4.52 Å². The van der Waals surface area contributed by atoms with E-state index in [0.717, 1.165) is 17.3 Å². The van der Waals surface area contributed by atoms with Crippen molar-refractivity contribution in [2.75, 3.05) is 24.2 Å². The van der Waals surface area contributed by atoms with Gasteiger partial charge in [-0.25, -0.2) is 0 Å². The maximum atomic E-state index is 11.8. The molecule has 0 saturated heterocycles. The van der Waals surface area contributed by atoms with E-state index in [1.807, 2.05) is 6.26 Å². The summed E-state index contributed by atoms with van der Waals surface area (Å²) in [5.41, 5.74) is 0. The Morgan fingerprint density at radius 3 is 2.50 bits per heavy atom. The van der Waals surface area contributed by atoms with E-state index in [0.29, 0.717) is 0 Å². The van der Waals surface area contributed by atoms with Crippen molar-refractivity contribution in [3.63, 3.8) is 0 Å². The first kappa shape index (κ1) is 13.2. The van der Waals surface area contributed by atoms with E-state index in [4.69, 9.17) is 4.52 Å². The lowest BCUT2D eigenvalue weighted by Crippen LogP contribution is -1.79. The average molecular weight is 246 g/mol. The van der Waals surface area contributed by atoms with Crippen LogP contribution >= 0.6 is 40.3 Å². The van der Waals surface area contributed by atoms with Crippen LogP contribution in [0.1, 0.15) is 13.3 Å². The van der Waals surface area contributed by atoms with Crippen molar-refractivity contribution in [2.24, 2.45) is 0 Å². The highest BCUT2D eigenvalue weighted by molar-refractivity contribution is 8.89. The van der Waals surface area contributed by atoms with E-state index in [9.17, 15) is 4.57 Å². The van der Waals surface area contributed by atoms with Crippen molar-refractivity contribution in [3.8, 4) is 0 Å². The largest absolute Gasteiger partial charge is 0.317 e. The first-order valence-corrected chi connectivity index (χ1v) is 9.82. The molecule has 0 aromatic rings. The van der Waals surface area contributed by atoms with Crippen molar-refractivity contribution < 1.29 is 9.09 Å². The molecule has 6 heteroatoms. The summed E-state index contributed by atoms with van der Waals surface area (Å²) in [6, 6.07) is 0. The fourth-order valence-corrected chi connectivity index (χ4v) is 8.78. The van der Waals surface area contributed by atoms with Crippen LogP contribution in [0.3, 0.4) is 0 Å². The molecule has 0 heterocycles. The van der Waals surface area contributed by atoms with Gasteiger partial charge in [-0.2, -0.15) is 11.8 Å². The van der Waals surface area contributed by atoms with Crippen LogP contribution < -0.4 is 0 Å². The van der Waals surface area contributed by atoms with Crippen molar-refractivity contribution in [1.29, 1.82) is 0 Å². The molecule has 0 aromatic carbocycles. The normalized spacial score (nSPS) is 15.9. The van der Waals surface area contributed by atoms with Gasteiger partial charge in [0.25, 0.3) is 0 Å². The lowest BCUT2D eigenvalue weighted by molar-refractivity contribution is 0.424. The third-order valence-corrected chi connectivity index (χ3v) is 10.2. The summed E-state index contributed by atoms with van der Waals surface area (Å²) in [6.45, 7) is 2.08. The van der Waals surface area contributed by atoms with Crippen molar-refractivity contribution in [1.82, 2.24) is 0 Å². The third-order valence-electron chi connectivity index (χ3n) is 1.01. The van der Waals surface area contributed by atoms with Crippen LogP contribution in [0, 0.1) is 0 Å². The predicted molar refractivity (Wildman–Crippen MR) is 63.3 cm³/mol. The van der Waals surface area contributed by atoms with E-state index >= 15 is 0 Å². The molecule has 0 aliphatic rings. The van der Waals surface area contributed by atoms with Gasteiger partial charge in [0, 0.05) is 17.9 Å². The summed E-state index contributed by atoms with van der Waals surface area (Å²) in [5.74, 6) is -1.51. The number of thioether (sulfide) groups is 1. The van der Waals surface area contributed by atoms with Crippen LogP contribution in [-0.4, -0.2) is 24.2 Å². The Kier molecular flexibility index (Phi) is 8.41. The average Bonchev–Trinajstić information content (AvgIpc) is 2.11. The molecule has 0 fully saturated rings. The van der Waals surface area contributed by atoms with Crippen molar-refractivity contribution >= 4 is 40.3 Å². The van der Waals surface area contributed by atoms with Gasteiger partial charge in [0.05, 0.1) is 0 Å². The summed E-state index contributed by atoms with van der Waals surface area (Å²) in [7, 11) is 1.52. The molecule has 2 nitrogen and oxygen atoms in total. The van der Waals surface area contributed by atoms with E-state index < -0.39 is 5.77 Å². The standard InChI is InChI=1S/C6H15O2PS3/c1-4-5-11-9(7,8-2)12-6-10-3/h4-6H2,1-3H3. The molecule has 1 unspecified atom stereocenters.